The molecule has 138 valence electrons. The van der Waals surface area contributed by atoms with E-state index in [1.807, 2.05) is 29.2 Å². The number of carbonyl (C=O) groups excluding carboxylic acids is 1. The summed E-state index contributed by atoms with van der Waals surface area (Å²) in [6.07, 6.45) is 3.52. The molecule has 2 fully saturated rings. The topological polar surface area (TPSA) is 77.7 Å². The van der Waals surface area contributed by atoms with E-state index in [-0.39, 0.29) is 18.4 Å². The first kappa shape index (κ1) is 16.9. The Kier molecular flexibility index (Phi) is 4.53. The Balaban J connectivity index is 1.45. The van der Waals surface area contributed by atoms with Crippen LogP contribution < -0.4 is 9.47 Å². The Hall–Kier alpha value is -2.57. The number of methoxy groups -OCH3 is 1. The van der Waals surface area contributed by atoms with Crippen LogP contribution in [-0.4, -0.2) is 46.9 Å². The highest BCUT2D eigenvalue weighted by atomic mass is 16.6. The van der Waals surface area contributed by atoms with E-state index in [0.717, 1.165) is 30.8 Å². The highest BCUT2D eigenvalue weighted by Gasteiger charge is 2.48. The molecule has 0 spiro atoms. The molecule has 7 nitrogen and oxygen atoms in total. The standard InChI is InChI=1S/C19H23N3O4/c1-12-17(21-26-20-12)10-19(23)22-14-7-6-13(8-14)18(22)11-25-16-5-3-4-15(9-16)24-2/h3-5,9,13-14,18H,6-8,10-11H2,1-2H3/t13-,14-,18-/m1/s1. The molecule has 4 rings (SSSR count). The van der Waals surface area contributed by atoms with Gasteiger partial charge in [0.25, 0.3) is 0 Å². The minimum atomic E-state index is 0.0789. The number of amides is 1. The largest absolute Gasteiger partial charge is 0.497 e. The van der Waals surface area contributed by atoms with Gasteiger partial charge >= 0.3 is 0 Å². The third-order valence-electron chi connectivity index (χ3n) is 5.56. The van der Waals surface area contributed by atoms with Crippen molar-refractivity contribution in [2.24, 2.45) is 5.92 Å². The highest BCUT2D eigenvalue weighted by molar-refractivity contribution is 5.79. The van der Waals surface area contributed by atoms with Gasteiger partial charge in [0.15, 0.2) is 0 Å². The van der Waals surface area contributed by atoms with Crippen LogP contribution in [0.2, 0.25) is 0 Å². The summed E-state index contributed by atoms with van der Waals surface area (Å²) in [5.74, 6) is 2.11. The zero-order valence-corrected chi connectivity index (χ0v) is 15.1. The van der Waals surface area contributed by atoms with Crippen LogP contribution >= 0.6 is 0 Å². The average molecular weight is 357 g/mol. The lowest BCUT2D eigenvalue weighted by molar-refractivity contribution is -0.135. The Morgan fingerprint density at radius 3 is 2.92 bits per heavy atom. The first-order valence-corrected chi connectivity index (χ1v) is 9.01. The number of ether oxygens (including phenoxy) is 2. The first-order chi connectivity index (χ1) is 12.7. The fraction of sp³-hybridized carbons (Fsp3) is 0.526. The Morgan fingerprint density at radius 2 is 2.15 bits per heavy atom. The molecule has 0 radical (unpaired) electrons. The molecule has 3 atom stereocenters. The number of hydrogen-bond donors (Lipinski definition) is 0. The fourth-order valence-corrected chi connectivity index (χ4v) is 4.21. The number of hydrogen-bond acceptors (Lipinski definition) is 6. The molecule has 2 aliphatic rings. The van der Waals surface area contributed by atoms with Crippen LogP contribution in [0.1, 0.15) is 30.7 Å². The summed E-state index contributed by atoms with van der Waals surface area (Å²) >= 11 is 0. The summed E-state index contributed by atoms with van der Waals surface area (Å²) in [4.78, 5) is 14.9. The lowest BCUT2D eigenvalue weighted by Crippen LogP contribution is -2.48. The summed E-state index contributed by atoms with van der Waals surface area (Å²) in [6.45, 7) is 2.30. The van der Waals surface area contributed by atoms with Crippen molar-refractivity contribution in [2.75, 3.05) is 13.7 Å². The van der Waals surface area contributed by atoms with Gasteiger partial charge in [-0.2, -0.15) is 0 Å². The molecule has 1 aromatic carbocycles. The molecular formula is C19H23N3O4. The molecule has 2 heterocycles. The molecule has 7 heteroatoms. The predicted octanol–water partition coefficient (Wildman–Crippen LogP) is 2.39. The number of nitrogens with zero attached hydrogens (tertiary/aromatic N) is 3. The van der Waals surface area contributed by atoms with Gasteiger partial charge in [0.05, 0.1) is 19.6 Å². The number of piperidine rings is 1. The van der Waals surface area contributed by atoms with Crippen LogP contribution in [-0.2, 0) is 11.2 Å². The van der Waals surface area contributed by atoms with Gasteiger partial charge in [-0.25, -0.2) is 4.63 Å². The molecule has 26 heavy (non-hydrogen) atoms. The number of aryl methyl sites for hydroxylation is 1. The second kappa shape index (κ2) is 6.97. The fourth-order valence-electron chi connectivity index (χ4n) is 4.21. The Bertz CT molecular complexity index is 791. The maximum Gasteiger partial charge on any atom is 0.229 e. The Labute approximate surface area is 152 Å². The molecule has 1 aromatic heterocycles. The molecular weight excluding hydrogens is 334 g/mol. The van der Waals surface area contributed by atoms with Gasteiger partial charge in [-0.15, -0.1) is 0 Å². The summed E-state index contributed by atoms with van der Waals surface area (Å²) in [5, 5.41) is 7.61. The summed E-state index contributed by atoms with van der Waals surface area (Å²) in [5.41, 5.74) is 1.29. The van der Waals surface area contributed by atoms with E-state index in [2.05, 4.69) is 10.3 Å². The van der Waals surface area contributed by atoms with E-state index in [1.54, 1.807) is 14.0 Å². The minimum Gasteiger partial charge on any atom is -0.497 e. The van der Waals surface area contributed by atoms with E-state index in [4.69, 9.17) is 14.1 Å². The van der Waals surface area contributed by atoms with E-state index >= 15 is 0 Å². The maximum atomic E-state index is 12.9. The van der Waals surface area contributed by atoms with Gasteiger partial charge in [-0.05, 0) is 44.2 Å². The van der Waals surface area contributed by atoms with Crippen molar-refractivity contribution in [2.45, 2.75) is 44.7 Å². The molecule has 1 amide bonds. The monoisotopic (exact) mass is 357 g/mol. The van der Waals surface area contributed by atoms with Crippen LogP contribution in [0.5, 0.6) is 11.5 Å². The molecule has 1 saturated heterocycles. The third-order valence-corrected chi connectivity index (χ3v) is 5.56. The highest BCUT2D eigenvalue weighted by Crippen LogP contribution is 2.43. The van der Waals surface area contributed by atoms with Crippen molar-refractivity contribution in [3.05, 3.63) is 35.7 Å². The van der Waals surface area contributed by atoms with Gasteiger partial charge in [-0.3, -0.25) is 4.79 Å². The van der Waals surface area contributed by atoms with Crippen molar-refractivity contribution in [1.82, 2.24) is 15.2 Å². The van der Waals surface area contributed by atoms with Crippen LogP contribution in [0, 0.1) is 12.8 Å². The van der Waals surface area contributed by atoms with Gasteiger partial charge in [-0.1, -0.05) is 16.4 Å². The molecule has 1 aliphatic carbocycles. The van der Waals surface area contributed by atoms with E-state index in [1.165, 1.54) is 0 Å². The van der Waals surface area contributed by atoms with Gasteiger partial charge in [0.1, 0.15) is 29.5 Å². The average Bonchev–Trinajstić information content (AvgIpc) is 3.37. The minimum absolute atomic E-state index is 0.0789. The van der Waals surface area contributed by atoms with Crippen LogP contribution in [0.3, 0.4) is 0 Å². The van der Waals surface area contributed by atoms with Crippen LogP contribution in [0.25, 0.3) is 0 Å². The van der Waals surface area contributed by atoms with Crippen molar-refractivity contribution < 1.29 is 18.9 Å². The number of rotatable bonds is 6. The number of fused-ring (bicyclic) bond motifs is 2. The van der Waals surface area contributed by atoms with Gasteiger partial charge in [0, 0.05) is 12.1 Å². The van der Waals surface area contributed by atoms with Crippen molar-refractivity contribution in [3.63, 3.8) is 0 Å². The van der Waals surface area contributed by atoms with Crippen molar-refractivity contribution >= 4 is 5.91 Å². The van der Waals surface area contributed by atoms with E-state index in [0.29, 0.717) is 30.0 Å². The smallest absolute Gasteiger partial charge is 0.229 e. The molecule has 1 aliphatic heterocycles. The van der Waals surface area contributed by atoms with Crippen LogP contribution in [0.4, 0.5) is 0 Å². The second-order valence-corrected chi connectivity index (χ2v) is 7.06. The third kappa shape index (κ3) is 3.13. The Morgan fingerprint density at radius 1 is 1.31 bits per heavy atom. The lowest BCUT2D eigenvalue weighted by atomic mass is 9.99. The molecule has 1 saturated carbocycles. The predicted molar refractivity (Wildman–Crippen MR) is 93.0 cm³/mol. The van der Waals surface area contributed by atoms with Crippen LogP contribution in [0.15, 0.2) is 28.9 Å². The molecule has 0 N–H and O–H groups in total. The van der Waals surface area contributed by atoms with Gasteiger partial charge in [0.2, 0.25) is 5.91 Å². The first-order valence-electron chi connectivity index (χ1n) is 9.01. The van der Waals surface area contributed by atoms with E-state index < -0.39 is 0 Å². The normalized spacial score (nSPS) is 24.1. The quantitative estimate of drug-likeness (QED) is 0.790. The summed E-state index contributed by atoms with van der Waals surface area (Å²) in [7, 11) is 1.64. The zero-order chi connectivity index (χ0) is 18.1. The summed E-state index contributed by atoms with van der Waals surface area (Å²) < 4.78 is 16.0. The second-order valence-electron chi connectivity index (χ2n) is 7.06. The van der Waals surface area contributed by atoms with Crippen molar-refractivity contribution in [1.29, 1.82) is 0 Å². The number of benzene rings is 1. The number of carbonyl (C=O) groups is 1. The lowest BCUT2D eigenvalue weighted by Gasteiger charge is -2.35. The summed E-state index contributed by atoms with van der Waals surface area (Å²) in [6, 6.07) is 7.97. The maximum absolute atomic E-state index is 12.9. The van der Waals surface area contributed by atoms with Gasteiger partial charge < -0.3 is 14.4 Å². The number of likely N-dealkylation sites (tertiary alicyclic amines) is 1. The van der Waals surface area contributed by atoms with E-state index in [9.17, 15) is 4.79 Å². The SMILES string of the molecule is COc1cccc(OC[C@@H]2[C@@H]3CC[C@H](C3)N2C(=O)Cc2nonc2C)c1. The molecule has 2 aromatic rings. The van der Waals surface area contributed by atoms with Crippen molar-refractivity contribution in [3.8, 4) is 11.5 Å². The zero-order valence-electron chi connectivity index (χ0n) is 15.1. The number of aromatic nitrogens is 2. The molecule has 0 unspecified atom stereocenters. The molecule has 2 bridgehead atoms.